The Morgan fingerprint density at radius 2 is 1.55 bits per heavy atom. The molecule has 0 unspecified atom stereocenters. The molecule has 0 spiro atoms. The van der Waals surface area contributed by atoms with Crippen LogP contribution in [0.5, 0.6) is 17.2 Å². The van der Waals surface area contributed by atoms with E-state index in [9.17, 15) is 10.1 Å². The highest BCUT2D eigenvalue weighted by Gasteiger charge is 2.10. The highest BCUT2D eigenvalue weighted by Crippen LogP contribution is 2.29. The quantitative estimate of drug-likeness (QED) is 0.192. The smallest absolute Gasteiger partial charge is 0.266 e. The van der Waals surface area contributed by atoms with Gasteiger partial charge in [-0.1, -0.05) is 66.2 Å². The summed E-state index contributed by atoms with van der Waals surface area (Å²) in [6, 6.07) is 32.2. The summed E-state index contributed by atoms with van der Waals surface area (Å²) < 4.78 is 17.3. The zero-order valence-electron chi connectivity index (χ0n) is 21.3. The molecule has 4 aromatic rings. The van der Waals surface area contributed by atoms with Crippen molar-refractivity contribution in [2.75, 3.05) is 12.4 Å². The third-order valence-corrected chi connectivity index (χ3v) is 5.74. The third-order valence-electron chi connectivity index (χ3n) is 5.74. The second kappa shape index (κ2) is 12.8. The molecule has 4 rings (SSSR count). The van der Waals surface area contributed by atoms with Crippen LogP contribution in [0.4, 0.5) is 5.69 Å². The maximum absolute atomic E-state index is 12.5. The third kappa shape index (κ3) is 7.25. The predicted octanol–water partition coefficient (Wildman–Crippen LogP) is 6.71. The van der Waals surface area contributed by atoms with Gasteiger partial charge in [-0.05, 0) is 66.1 Å². The number of nitrogens with zero attached hydrogens (tertiary/aromatic N) is 1. The van der Waals surface area contributed by atoms with Gasteiger partial charge in [-0.15, -0.1) is 0 Å². The van der Waals surface area contributed by atoms with Crippen molar-refractivity contribution in [3.8, 4) is 23.3 Å². The molecule has 0 fully saturated rings. The predicted molar refractivity (Wildman–Crippen MR) is 148 cm³/mol. The lowest BCUT2D eigenvalue weighted by molar-refractivity contribution is -0.112. The minimum atomic E-state index is -0.457. The van der Waals surface area contributed by atoms with Crippen LogP contribution >= 0.6 is 0 Å². The molecule has 190 valence electrons. The van der Waals surface area contributed by atoms with Crippen molar-refractivity contribution >= 4 is 17.7 Å². The van der Waals surface area contributed by atoms with Gasteiger partial charge in [0.1, 0.15) is 30.6 Å². The van der Waals surface area contributed by atoms with Gasteiger partial charge >= 0.3 is 0 Å². The van der Waals surface area contributed by atoms with Crippen molar-refractivity contribution < 1.29 is 19.0 Å². The highest BCUT2D eigenvalue weighted by atomic mass is 16.5. The summed E-state index contributed by atoms with van der Waals surface area (Å²) in [5.41, 5.74) is 4.46. The van der Waals surface area contributed by atoms with Crippen LogP contribution in [0.3, 0.4) is 0 Å². The van der Waals surface area contributed by atoms with E-state index in [1.54, 1.807) is 49.6 Å². The molecular weight excluding hydrogens is 476 g/mol. The van der Waals surface area contributed by atoms with Gasteiger partial charge in [0.25, 0.3) is 5.91 Å². The Hall–Kier alpha value is -5.02. The number of ether oxygens (including phenoxy) is 3. The molecule has 0 saturated carbocycles. The molecule has 0 bridgehead atoms. The summed E-state index contributed by atoms with van der Waals surface area (Å²) in [4.78, 5) is 12.5. The molecule has 0 heterocycles. The van der Waals surface area contributed by atoms with Crippen LogP contribution in [0.15, 0.2) is 103 Å². The number of benzene rings is 4. The molecule has 6 heteroatoms. The van der Waals surface area contributed by atoms with Gasteiger partial charge in [-0.25, -0.2) is 0 Å². The van der Waals surface area contributed by atoms with E-state index >= 15 is 0 Å². The fraction of sp³-hybridized carbons (Fsp3) is 0.125. The number of rotatable bonds is 10. The number of hydrogen-bond acceptors (Lipinski definition) is 5. The molecule has 1 N–H and O–H groups in total. The number of nitrogens with one attached hydrogen (secondary N) is 1. The van der Waals surface area contributed by atoms with Gasteiger partial charge < -0.3 is 19.5 Å². The monoisotopic (exact) mass is 504 g/mol. The second-order valence-corrected chi connectivity index (χ2v) is 8.61. The molecule has 0 atom stereocenters. The molecule has 0 radical (unpaired) electrons. The van der Waals surface area contributed by atoms with E-state index < -0.39 is 5.91 Å². The van der Waals surface area contributed by atoms with Crippen LogP contribution in [-0.4, -0.2) is 13.0 Å². The first kappa shape index (κ1) is 26.1. The minimum Gasteiger partial charge on any atom is -0.493 e. The van der Waals surface area contributed by atoms with E-state index in [0.29, 0.717) is 36.1 Å². The molecule has 0 aliphatic rings. The number of anilines is 1. The summed E-state index contributed by atoms with van der Waals surface area (Å²) in [6.07, 6.45) is 1.55. The maximum Gasteiger partial charge on any atom is 0.266 e. The first-order valence-electron chi connectivity index (χ1n) is 12.1. The van der Waals surface area contributed by atoms with E-state index in [1.165, 1.54) is 0 Å². The summed E-state index contributed by atoms with van der Waals surface area (Å²) in [7, 11) is 1.61. The van der Waals surface area contributed by atoms with Gasteiger partial charge in [-0.3, -0.25) is 4.79 Å². The van der Waals surface area contributed by atoms with Crippen molar-refractivity contribution in [1.29, 1.82) is 5.26 Å². The van der Waals surface area contributed by atoms with Crippen molar-refractivity contribution in [1.82, 2.24) is 0 Å². The lowest BCUT2D eigenvalue weighted by atomic mass is 10.1. The van der Waals surface area contributed by atoms with Crippen LogP contribution in [0, 0.1) is 18.3 Å². The van der Waals surface area contributed by atoms with E-state index in [1.807, 2.05) is 73.7 Å². The van der Waals surface area contributed by atoms with E-state index in [4.69, 9.17) is 14.2 Å². The molecule has 1 amide bonds. The first-order valence-corrected chi connectivity index (χ1v) is 12.1. The summed E-state index contributed by atoms with van der Waals surface area (Å²) in [5.74, 6) is 1.50. The average Bonchev–Trinajstić information content (AvgIpc) is 2.96. The second-order valence-electron chi connectivity index (χ2n) is 8.61. The average molecular weight is 505 g/mol. The SMILES string of the molecule is COc1cc(COc2ccc(/C=C(/C#N)C(=O)Nc3ccc(C)cc3)cc2)ccc1OCc1ccccc1. The van der Waals surface area contributed by atoms with Crippen LogP contribution < -0.4 is 19.5 Å². The fourth-order valence-corrected chi connectivity index (χ4v) is 3.63. The summed E-state index contributed by atoms with van der Waals surface area (Å²) >= 11 is 0. The molecule has 0 aromatic heterocycles. The van der Waals surface area contributed by atoms with Gasteiger partial charge in [0.2, 0.25) is 0 Å². The van der Waals surface area contributed by atoms with Crippen LogP contribution in [0.2, 0.25) is 0 Å². The number of carbonyl (C=O) groups is 1. The van der Waals surface area contributed by atoms with Crippen molar-refractivity contribution in [2.24, 2.45) is 0 Å². The van der Waals surface area contributed by atoms with Crippen LogP contribution in [-0.2, 0) is 18.0 Å². The Morgan fingerprint density at radius 1 is 0.842 bits per heavy atom. The zero-order chi connectivity index (χ0) is 26.7. The maximum atomic E-state index is 12.5. The lowest BCUT2D eigenvalue weighted by Gasteiger charge is -2.13. The van der Waals surface area contributed by atoms with E-state index in [0.717, 1.165) is 22.3 Å². The Kier molecular flexibility index (Phi) is 8.77. The van der Waals surface area contributed by atoms with Gasteiger partial charge in [-0.2, -0.15) is 5.26 Å². The Bertz CT molecular complexity index is 1440. The number of carbonyl (C=O) groups excluding carboxylic acids is 1. The first-order chi connectivity index (χ1) is 18.5. The molecule has 38 heavy (non-hydrogen) atoms. The summed E-state index contributed by atoms with van der Waals surface area (Å²) in [6.45, 7) is 2.76. The minimum absolute atomic E-state index is 0.0147. The number of methoxy groups -OCH3 is 1. The number of aryl methyl sites for hydroxylation is 1. The fourth-order valence-electron chi connectivity index (χ4n) is 3.63. The summed E-state index contributed by atoms with van der Waals surface area (Å²) in [5, 5.41) is 12.2. The van der Waals surface area contributed by atoms with Gasteiger partial charge in [0, 0.05) is 5.69 Å². The van der Waals surface area contributed by atoms with Crippen molar-refractivity contribution in [3.05, 3.63) is 125 Å². The van der Waals surface area contributed by atoms with Crippen molar-refractivity contribution in [2.45, 2.75) is 20.1 Å². The Balaban J connectivity index is 1.34. The highest BCUT2D eigenvalue weighted by molar-refractivity contribution is 6.09. The van der Waals surface area contributed by atoms with Crippen LogP contribution in [0.25, 0.3) is 6.08 Å². The normalized spacial score (nSPS) is 10.8. The number of nitriles is 1. The largest absolute Gasteiger partial charge is 0.493 e. The molecule has 4 aromatic carbocycles. The topological polar surface area (TPSA) is 80.6 Å². The van der Waals surface area contributed by atoms with E-state index in [-0.39, 0.29) is 5.57 Å². The number of amides is 1. The molecule has 0 aliphatic heterocycles. The van der Waals surface area contributed by atoms with Gasteiger partial charge in [0.05, 0.1) is 7.11 Å². The molecule has 0 saturated heterocycles. The van der Waals surface area contributed by atoms with Crippen LogP contribution in [0.1, 0.15) is 22.3 Å². The molecule has 6 nitrogen and oxygen atoms in total. The number of hydrogen-bond donors (Lipinski definition) is 1. The van der Waals surface area contributed by atoms with Gasteiger partial charge in [0.15, 0.2) is 11.5 Å². The van der Waals surface area contributed by atoms with Crippen molar-refractivity contribution in [3.63, 3.8) is 0 Å². The van der Waals surface area contributed by atoms with E-state index in [2.05, 4.69) is 5.32 Å². The Morgan fingerprint density at radius 3 is 2.24 bits per heavy atom. The molecular formula is C32H28N2O4. The standard InChI is InChI=1S/C32H28N2O4/c1-23-8-13-28(14-9-23)34-32(35)27(20-33)18-24-10-15-29(16-11-24)37-22-26-12-17-30(31(19-26)36-2)38-21-25-6-4-3-5-7-25/h3-19H,21-22H2,1-2H3,(H,34,35)/b27-18-. The zero-order valence-corrected chi connectivity index (χ0v) is 21.3. The molecule has 0 aliphatic carbocycles. The Labute approximate surface area is 222 Å². The lowest BCUT2D eigenvalue weighted by Crippen LogP contribution is -2.13.